The third kappa shape index (κ3) is 4.04. The SMILES string of the molecule is CC(=O)C1(O)C(C)CC2C3CC=C4CC(OC(=O)CCN5CCCCC5)CCC4(C)C3CCC21C. The summed E-state index contributed by atoms with van der Waals surface area (Å²) in [7, 11) is 0. The highest BCUT2D eigenvalue weighted by Crippen LogP contribution is 2.68. The second-order valence-electron chi connectivity index (χ2n) is 13.2. The Bertz CT molecular complexity index is 878. The van der Waals surface area contributed by atoms with Crippen molar-refractivity contribution in [3.05, 3.63) is 11.6 Å². The summed E-state index contributed by atoms with van der Waals surface area (Å²) < 4.78 is 5.99. The highest BCUT2D eigenvalue weighted by atomic mass is 16.5. The minimum absolute atomic E-state index is 0.0166. The number of likely N-dealkylation sites (tertiary alicyclic amines) is 1. The molecule has 0 aromatic heterocycles. The molecule has 35 heavy (non-hydrogen) atoms. The number of ketones is 1. The van der Waals surface area contributed by atoms with Crippen molar-refractivity contribution in [1.82, 2.24) is 4.90 Å². The van der Waals surface area contributed by atoms with Gasteiger partial charge in [0.1, 0.15) is 11.7 Å². The molecule has 1 N–H and O–H groups in total. The van der Waals surface area contributed by atoms with Crippen LogP contribution in [0.5, 0.6) is 0 Å². The van der Waals surface area contributed by atoms with Gasteiger partial charge >= 0.3 is 5.97 Å². The summed E-state index contributed by atoms with van der Waals surface area (Å²) in [6, 6.07) is 0. The van der Waals surface area contributed by atoms with Crippen LogP contribution in [0.15, 0.2) is 11.6 Å². The van der Waals surface area contributed by atoms with Crippen molar-refractivity contribution in [3.63, 3.8) is 0 Å². The molecular formula is C30H47NO4. The normalized spacial score (nSPS) is 45.6. The maximum absolute atomic E-state index is 12.6. The average Bonchev–Trinajstić information content (AvgIpc) is 3.05. The Hall–Kier alpha value is -1.20. The van der Waals surface area contributed by atoms with E-state index >= 15 is 0 Å². The van der Waals surface area contributed by atoms with E-state index in [1.54, 1.807) is 6.92 Å². The maximum Gasteiger partial charge on any atom is 0.307 e. The molecule has 0 amide bonds. The third-order valence-corrected chi connectivity index (χ3v) is 11.6. The zero-order valence-corrected chi connectivity index (χ0v) is 22.5. The van der Waals surface area contributed by atoms with Gasteiger partial charge in [-0.25, -0.2) is 0 Å². The van der Waals surface area contributed by atoms with E-state index in [4.69, 9.17) is 4.74 Å². The first kappa shape index (κ1) is 25.4. The number of hydrogen-bond acceptors (Lipinski definition) is 5. The third-order valence-electron chi connectivity index (χ3n) is 11.6. The second kappa shape index (κ2) is 9.28. The number of carbonyl (C=O) groups is 2. The molecule has 8 unspecified atom stereocenters. The van der Waals surface area contributed by atoms with Crippen LogP contribution in [-0.2, 0) is 14.3 Å². The number of esters is 1. The molecule has 1 aliphatic heterocycles. The molecule has 5 nitrogen and oxygen atoms in total. The number of allylic oxidation sites excluding steroid dienone is 1. The van der Waals surface area contributed by atoms with E-state index in [0.717, 1.165) is 64.6 Å². The predicted molar refractivity (Wildman–Crippen MR) is 137 cm³/mol. The fourth-order valence-electron chi connectivity index (χ4n) is 9.50. The molecule has 0 bridgehead atoms. The second-order valence-corrected chi connectivity index (χ2v) is 13.2. The van der Waals surface area contributed by atoms with Crippen molar-refractivity contribution in [2.24, 2.45) is 34.5 Å². The van der Waals surface area contributed by atoms with Gasteiger partial charge in [-0.1, -0.05) is 38.8 Å². The lowest BCUT2D eigenvalue weighted by molar-refractivity contribution is -0.166. The molecule has 8 atom stereocenters. The Morgan fingerprint density at radius 1 is 1.11 bits per heavy atom. The monoisotopic (exact) mass is 485 g/mol. The minimum atomic E-state index is -1.19. The molecule has 4 fully saturated rings. The van der Waals surface area contributed by atoms with Crippen LogP contribution in [0.1, 0.15) is 98.3 Å². The number of nitrogens with zero attached hydrogens (tertiary/aromatic N) is 1. The lowest BCUT2D eigenvalue weighted by atomic mass is 9.46. The summed E-state index contributed by atoms with van der Waals surface area (Å²) >= 11 is 0. The molecule has 0 aromatic carbocycles. The van der Waals surface area contributed by atoms with E-state index in [1.807, 2.05) is 0 Å². The van der Waals surface area contributed by atoms with Gasteiger partial charge in [0.25, 0.3) is 0 Å². The molecule has 1 saturated heterocycles. The van der Waals surface area contributed by atoms with Crippen LogP contribution in [0.4, 0.5) is 0 Å². The number of Topliss-reactive ketones (excluding diaryl/α,β-unsaturated/α-hetero) is 1. The molecule has 1 heterocycles. The van der Waals surface area contributed by atoms with Crippen molar-refractivity contribution in [2.75, 3.05) is 19.6 Å². The molecule has 0 aromatic rings. The van der Waals surface area contributed by atoms with Crippen LogP contribution in [0.3, 0.4) is 0 Å². The van der Waals surface area contributed by atoms with E-state index in [1.165, 1.54) is 24.8 Å². The summed E-state index contributed by atoms with van der Waals surface area (Å²) in [6.07, 6.45) is 13.7. The van der Waals surface area contributed by atoms with Crippen LogP contribution in [0.2, 0.25) is 0 Å². The van der Waals surface area contributed by atoms with Gasteiger partial charge in [0, 0.05) is 18.4 Å². The Labute approximate surface area is 212 Å². The van der Waals surface area contributed by atoms with Gasteiger partial charge < -0.3 is 14.7 Å². The Kier molecular flexibility index (Phi) is 6.74. The van der Waals surface area contributed by atoms with Crippen molar-refractivity contribution in [3.8, 4) is 0 Å². The Balaban J connectivity index is 1.24. The molecular weight excluding hydrogens is 438 g/mol. The number of rotatable bonds is 5. The highest BCUT2D eigenvalue weighted by Gasteiger charge is 2.67. The molecule has 0 spiro atoms. The smallest absolute Gasteiger partial charge is 0.307 e. The van der Waals surface area contributed by atoms with E-state index in [-0.39, 0.29) is 34.6 Å². The average molecular weight is 486 g/mol. The lowest BCUT2D eigenvalue weighted by Gasteiger charge is -2.58. The highest BCUT2D eigenvalue weighted by molar-refractivity contribution is 5.86. The summed E-state index contributed by atoms with van der Waals surface area (Å²) in [5, 5.41) is 11.6. The number of ether oxygens (including phenoxy) is 1. The first-order valence-corrected chi connectivity index (χ1v) is 14.4. The Morgan fingerprint density at radius 2 is 1.86 bits per heavy atom. The van der Waals surface area contributed by atoms with Crippen molar-refractivity contribution < 1.29 is 19.4 Å². The zero-order chi connectivity index (χ0) is 25.0. The van der Waals surface area contributed by atoms with Crippen LogP contribution < -0.4 is 0 Å². The van der Waals surface area contributed by atoms with Crippen LogP contribution in [-0.4, -0.2) is 53.1 Å². The quantitative estimate of drug-likeness (QED) is 0.423. The number of piperidine rings is 1. The van der Waals surface area contributed by atoms with Gasteiger partial charge in [-0.05, 0) is 100 Å². The number of hydrogen-bond donors (Lipinski definition) is 1. The maximum atomic E-state index is 12.6. The number of carbonyl (C=O) groups excluding carboxylic acids is 2. The standard InChI is InChI=1S/C30H47NO4/c1-20-18-26-24-9-8-22-19-23(35-27(33)12-17-31-15-6-5-7-16-31)10-13-28(22,3)25(24)11-14-29(26,4)30(20,34)21(2)32/h8,20,23-26,34H,5-7,9-19H2,1-4H3. The van der Waals surface area contributed by atoms with E-state index < -0.39 is 5.60 Å². The summed E-state index contributed by atoms with van der Waals surface area (Å²) in [6.45, 7) is 11.4. The van der Waals surface area contributed by atoms with E-state index in [9.17, 15) is 14.7 Å². The van der Waals surface area contributed by atoms with Gasteiger partial charge in [-0.15, -0.1) is 0 Å². The first-order valence-electron chi connectivity index (χ1n) is 14.4. The molecule has 5 aliphatic rings. The molecule has 0 radical (unpaired) electrons. The van der Waals surface area contributed by atoms with Gasteiger partial charge in [0.05, 0.1) is 6.42 Å². The molecule has 3 saturated carbocycles. The lowest BCUT2D eigenvalue weighted by Crippen LogP contribution is -2.58. The van der Waals surface area contributed by atoms with Crippen LogP contribution in [0.25, 0.3) is 0 Å². The summed E-state index contributed by atoms with van der Waals surface area (Å²) in [5.41, 5.74) is 0.145. The summed E-state index contributed by atoms with van der Waals surface area (Å²) in [5.74, 6) is 1.46. The molecule has 5 rings (SSSR count). The molecule has 196 valence electrons. The largest absolute Gasteiger partial charge is 0.462 e. The summed E-state index contributed by atoms with van der Waals surface area (Å²) in [4.78, 5) is 27.7. The topological polar surface area (TPSA) is 66.8 Å². The van der Waals surface area contributed by atoms with Crippen molar-refractivity contribution in [2.45, 2.75) is 110 Å². The zero-order valence-electron chi connectivity index (χ0n) is 22.5. The van der Waals surface area contributed by atoms with Crippen LogP contribution in [0, 0.1) is 34.5 Å². The van der Waals surface area contributed by atoms with Gasteiger partial charge in [0.2, 0.25) is 0 Å². The van der Waals surface area contributed by atoms with Gasteiger partial charge in [-0.3, -0.25) is 9.59 Å². The fourth-order valence-corrected chi connectivity index (χ4v) is 9.50. The molecule has 4 aliphatic carbocycles. The van der Waals surface area contributed by atoms with Gasteiger partial charge in [-0.2, -0.15) is 0 Å². The van der Waals surface area contributed by atoms with Crippen molar-refractivity contribution >= 4 is 11.8 Å². The first-order chi connectivity index (χ1) is 16.6. The fraction of sp³-hybridized carbons (Fsp3) is 0.867. The predicted octanol–water partition coefficient (Wildman–Crippen LogP) is 5.30. The Morgan fingerprint density at radius 3 is 2.57 bits per heavy atom. The molecule has 5 heteroatoms. The van der Waals surface area contributed by atoms with Crippen LogP contribution >= 0.6 is 0 Å². The van der Waals surface area contributed by atoms with Gasteiger partial charge in [0.15, 0.2) is 5.78 Å². The van der Waals surface area contributed by atoms with E-state index in [2.05, 4.69) is 31.7 Å². The minimum Gasteiger partial charge on any atom is -0.462 e. The van der Waals surface area contributed by atoms with Crippen molar-refractivity contribution in [1.29, 1.82) is 0 Å². The number of fused-ring (bicyclic) bond motifs is 5. The van der Waals surface area contributed by atoms with E-state index in [0.29, 0.717) is 24.2 Å². The number of aliphatic hydroxyl groups is 1.